The largest absolute Gasteiger partial charge is 0.447 e. The molecule has 2 aliphatic rings. The number of rotatable bonds is 8. The summed E-state index contributed by atoms with van der Waals surface area (Å²) in [6.45, 7) is 5.52. The van der Waals surface area contributed by atoms with Crippen molar-refractivity contribution < 1.29 is 14.3 Å². The molecule has 2 fully saturated rings. The van der Waals surface area contributed by atoms with Gasteiger partial charge in [-0.05, 0) is 24.3 Å². The Kier molecular flexibility index (Phi) is 6.04. The number of aliphatic hydroxyl groups is 1. The van der Waals surface area contributed by atoms with Crippen LogP contribution in [0.3, 0.4) is 0 Å². The number of piperazine rings is 1. The van der Waals surface area contributed by atoms with E-state index >= 15 is 0 Å². The van der Waals surface area contributed by atoms with Gasteiger partial charge >= 0.3 is 0 Å². The minimum absolute atomic E-state index is 0.151. The molecule has 2 aromatic rings. The van der Waals surface area contributed by atoms with Crippen LogP contribution in [0.25, 0.3) is 0 Å². The molecule has 0 bridgehead atoms. The zero-order valence-corrected chi connectivity index (χ0v) is 16.1. The maximum Gasteiger partial charge on any atom is 0.273 e. The summed E-state index contributed by atoms with van der Waals surface area (Å²) >= 11 is 0. The highest BCUT2D eigenvalue weighted by molar-refractivity contribution is 5.91. The van der Waals surface area contributed by atoms with Crippen LogP contribution in [0.4, 0.5) is 0 Å². The number of benzene rings is 1. The number of carbonyl (C=O) groups is 1. The first-order valence-corrected chi connectivity index (χ1v) is 10.1. The van der Waals surface area contributed by atoms with Crippen LogP contribution in [0, 0.1) is 5.92 Å². The minimum Gasteiger partial charge on any atom is -0.447 e. The summed E-state index contributed by atoms with van der Waals surface area (Å²) in [6, 6.07) is 9.78. The van der Waals surface area contributed by atoms with Gasteiger partial charge in [0.2, 0.25) is 5.89 Å². The molecule has 1 aromatic heterocycles. The quantitative estimate of drug-likeness (QED) is 0.721. The van der Waals surface area contributed by atoms with Crippen molar-refractivity contribution in [2.75, 3.05) is 39.3 Å². The van der Waals surface area contributed by atoms with Crippen molar-refractivity contribution in [3.63, 3.8) is 0 Å². The fraction of sp³-hybridized carbons (Fsp3) is 0.524. The topological polar surface area (TPSA) is 81.8 Å². The highest BCUT2D eigenvalue weighted by Gasteiger charge is 2.24. The van der Waals surface area contributed by atoms with Crippen molar-refractivity contribution >= 4 is 5.91 Å². The molecule has 1 aliphatic carbocycles. The molecule has 2 N–H and O–H groups in total. The summed E-state index contributed by atoms with van der Waals surface area (Å²) in [4.78, 5) is 20.9. The highest BCUT2D eigenvalue weighted by atomic mass is 16.3. The summed E-state index contributed by atoms with van der Waals surface area (Å²) in [5, 5.41) is 13.3. The van der Waals surface area contributed by atoms with E-state index in [9.17, 15) is 9.90 Å². The molecule has 7 nitrogen and oxygen atoms in total. The maximum atomic E-state index is 12.1. The van der Waals surface area contributed by atoms with Crippen LogP contribution in [0.1, 0.15) is 40.9 Å². The highest BCUT2D eigenvalue weighted by Crippen LogP contribution is 2.27. The minimum atomic E-state index is -0.462. The smallest absolute Gasteiger partial charge is 0.273 e. The Morgan fingerprint density at radius 2 is 1.89 bits per heavy atom. The average Bonchev–Trinajstić information content (AvgIpc) is 3.45. The Morgan fingerprint density at radius 1 is 1.18 bits per heavy atom. The predicted octanol–water partition coefficient (Wildman–Crippen LogP) is 1.67. The Balaban J connectivity index is 1.20. The number of hydrogen-bond acceptors (Lipinski definition) is 6. The third kappa shape index (κ3) is 5.19. The van der Waals surface area contributed by atoms with Gasteiger partial charge < -0.3 is 14.8 Å². The molecule has 2 heterocycles. The molecule has 1 atom stereocenters. The zero-order valence-electron chi connectivity index (χ0n) is 16.1. The Labute approximate surface area is 165 Å². The summed E-state index contributed by atoms with van der Waals surface area (Å²) in [6.07, 6.45) is 3.40. The number of amides is 1. The van der Waals surface area contributed by atoms with Crippen LogP contribution >= 0.6 is 0 Å². The molecule has 1 saturated carbocycles. The summed E-state index contributed by atoms with van der Waals surface area (Å²) in [5.74, 6) is 1.07. The molecule has 4 rings (SSSR count). The molecule has 0 radical (unpaired) electrons. The second-order valence-electron chi connectivity index (χ2n) is 7.78. The number of nitrogens with one attached hydrogen (secondary N) is 1. The second kappa shape index (κ2) is 8.86. The summed E-state index contributed by atoms with van der Waals surface area (Å²) in [7, 11) is 0. The van der Waals surface area contributed by atoms with Gasteiger partial charge in [-0.15, -0.1) is 0 Å². The van der Waals surface area contributed by atoms with Crippen molar-refractivity contribution in [2.45, 2.75) is 25.5 Å². The van der Waals surface area contributed by atoms with Crippen molar-refractivity contribution in [3.05, 3.63) is 53.7 Å². The van der Waals surface area contributed by atoms with Gasteiger partial charge in [-0.1, -0.05) is 30.3 Å². The lowest BCUT2D eigenvalue weighted by atomic mass is 10.1. The van der Waals surface area contributed by atoms with Gasteiger partial charge in [-0.25, -0.2) is 4.98 Å². The van der Waals surface area contributed by atoms with Crippen molar-refractivity contribution in [1.82, 2.24) is 20.1 Å². The van der Waals surface area contributed by atoms with Crippen LogP contribution in [0.2, 0.25) is 0 Å². The van der Waals surface area contributed by atoms with E-state index in [0.717, 1.165) is 38.3 Å². The summed E-state index contributed by atoms with van der Waals surface area (Å²) in [5.41, 5.74) is 1.32. The first-order chi connectivity index (χ1) is 13.7. The second-order valence-corrected chi connectivity index (χ2v) is 7.78. The first-order valence-electron chi connectivity index (χ1n) is 10.1. The molecule has 1 saturated heterocycles. The lowest BCUT2D eigenvalue weighted by molar-refractivity contribution is 0.0671. The van der Waals surface area contributed by atoms with E-state index in [4.69, 9.17) is 4.42 Å². The maximum absolute atomic E-state index is 12.1. The number of oxazole rings is 1. The average molecular weight is 384 g/mol. The number of nitrogens with zero attached hydrogens (tertiary/aromatic N) is 3. The number of aliphatic hydroxyl groups excluding tert-OH is 1. The normalized spacial score (nSPS) is 19.5. The molecule has 1 aliphatic heterocycles. The monoisotopic (exact) mass is 384 g/mol. The predicted molar refractivity (Wildman–Crippen MR) is 105 cm³/mol. The van der Waals surface area contributed by atoms with Gasteiger partial charge in [-0.2, -0.15) is 0 Å². The molecular weight excluding hydrogens is 356 g/mol. The van der Waals surface area contributed by atoms with E-state index in [2.05, 4.69) is 20.1 Å². The molecule has 150 valence electrons. The molecule has 28 heavy (non-hydrogen) atoms. The molecule has 0 spiro atoms. The number of hydrogen-bond donors (Lipinski definition) is 2. The van der Waals surface area contributed by atoms with E-state index < -0.39 is 6.10 Å². The van der Waals surface area contributed by atoms with E-state index in [1.165, 1.54) is 19.1 Å². The lowest BCUT2D eigenvalue weighted by Gasteiger charge is -2.35. The van der Waals surface area contributed by atoms with E-state index in [-0.39, 0.29) is 5.91 Å². The Hall–Kier alpha value is -2.22. The summed E-state index contributed by atoms with van der Waals surface area (Å²) < 4.78 is 5.49. The lowest BCUT2D eigenvalue weighted by Crippen LogP contribution is -2.47. The van der Waals surface area contributed by atoms with Gasteiger partial charge in [-0.3, -0.25) is 14.6 Å². The van der Waals surface area contributed by atoms with Crippen LogP contribution in [-0.2, 0) is 6.54 Å². The third-order valence-electron chi connectivity index (χ3n) is 5.47. The van der Waals surface area contributed by atoms with Gasteiger partial charge in [0.05, 0.1) is 12.6 Å². The van der Waals surface area contributed by atoms with E-state index in [1.807, 2.05) is 30.3 Å². The Morgan fingerprint density at radius 3 is 2.61 bits per heavy atom. The molecule has 1 aromatic carbocycles. The van der Waals surface area contributed by atoms with E-state index in [1.54, 1.807) is 0 Å². The van der Waals surface area contributed by atoms with E-state index in [0.29, 0.717) is 30.6 Å². The third-order valence-corrected chi connectivity index (χ3v) is 5.47. The zero-order chi connectivity index (χ0) is 19.3. The van der Waals surface area contributed by atoms with Crippen LogP contribution in [0.5, 0.6) is 0 Å². The van der Waals surface area contributed by atoms with Crippen LogP contribution < -0.4 is 5.32 Å². The molecule has 1 amide bonds. The Bertz CT molecular complexity index is 767. The van der Waals surface area contributed by atoms with Crippen molar-refractivity contribution in [3.8, 4) is 0 Å². The van der Waals surface area contributed by atoms with Gasteiger partial charge in [0.25, 0.3) is 5.91 Å². The first kappa shape index (κ1) is 19.1. The molecular formula is C21H28N4O3. The fourth-order valence-corrected chi connectivity index (χ4v) is 3.48. The number of carbonyl (C=O) groups excluding carboxylic acids is 1. The van der Waals surface area contributed by atoms with Gasteiger partial charge in [0.1, 0.15) is 6.26 Å². The fourth-order valence-electron chi connectivity index (χ4n) is 3.48. The standard InChI is InChI=1S/C21H28N4O3/c26-19(17-4-2-1-3-5-17)13-24-8-10-25(11-9-24)14-20-23-18(15-28-20)21(27)22-12-16-6-7-16/h1-5,15-16,19,26H,6-14H2,(H,22,27)/t19-/m0/s1. The van der Waals surface area contributed by atoms with Crippen molar-refractivity contribution in [2.24, 2.45) is 5.92 Å². The van der Waals surface area contributed by atoms with Gasteiger partial charge in [0.15, 0.2) is 5.69 Å². The molecule has 0 unspecified atom stereocenters. The van der Waals surface area contributed by atoms with Gasteiger partial charge in [0, 0.05) is 39.3 Å². The van der Waals surface area contributed by atoms with Crippen LogP contribution in [-0.4, -0.2) is 65.1 Å². The SMILES string of the molecule is O=C(NCC1CC1)c1coc(CN2CCN(C[C@H](O)c3ccccc3)CC2)n1. The molecule has 7 heteroatoms. The number of aromatic nitrogens is 1. The van der Waals surface area contributed by atoms with Crippen LogP contribution in [0.15, 0.2) is 41.0 Å². The number of β-amino-alcohol motifs (C(OH)–C–C–N with tert-alkyl or cyclic N) is 1. The van der Waals surface area contributed by atoms with Crippen molar-refractivity contribution in [1.29, 1.82) is 0 Å².